The molecule has 0 bridgehead atoms. The molecule has 0 amide bonds. The molecule has 15 heavy (non-hydrogen) atoms. The lowest BCUT2D eigenvalue weighted by molar-refractivity contribution is 0.178. The Bertz CT molecular complexity index is 267. The number of hydrogen-bond acceptors (Lipinski definition) is 2. The predicted molar refractivity (Wildman–Crippen MR) is 63.1 cm³/mol. The molecule has 84 valence electrons. The molecule has 1 atom stereocenters. The normalized spacial score (nSPS) is 20.3. The van der Waals surface area contributed by atoms with Crippen molar-refractivity contribution in [3.05, 3.63) is 22.4 Å². The van der Waals surface area contributed by atoms with Crippen LogP contribution < -0.4 is 5.32 Å². The monoisotopic (exact) mass is 227 g/mol. The molecule has 1 N–H and O–H groups in total. The fraction of sp³-hybridized carbons (Fsp3) is 0.667. The van der Waals surface area contributed by atoms with Crippen LogP contribution in [0, 0.1) is 5.92 Å². The van der Waals surface area contributed by atoms with Crippen molar-refractivity contribution in [3.8, 4) is 0 Å². The summed E-state index contributed by atoms with van der Waals surface area (Å²) in [5.74, 6) is 0.296. The number of alkyl halides is 1. The summed E-state index contributed by atoms with van der Waals surface area (Å²) in [6.45, 7) is 1.98. The Morgan fingerprint density at radius 2 is 2.27 bits per heavy atom. The van der Waals surface area contributed by atoms with Gasteiger partial charge in [0.2, 0.25) is 0 Å². The second kappa shape index (κ2) is 5.61. The van der Waals surface area contributed by atoms with Gasteiger partial charge >= 0.3 is 0 Å². The Morgan fingerprint density at radius 1 is 1.47 bits per heavy atom. The Hall–Kier alpha value is -0.410. The average Bonchev–Trinajstić information content (AvgIpc) is 2.80. The molecule has 2 heterocycles. The second-order valence-corrected chi connectivity index (χ2v) is 5.05. The molecule has 0 spiro atoms. The Morgan fingerprint density at radius 3 is 2.93 bits per heavy atom. The fourth-order valence-electron chi connectivity index (χ4n) is 2.18. The van der Waals surface area contributed by atoms with E-state index in [9.17, 15) is 4.39 Å². The van der Waals surface area contributed by atoms with E-state index in [0.717, 1.165) is 32.4 Å². The third-order valence-electron chi connectivity index (χ3n) is 3.18. The van der Waals surface area contributed by atoms with Crippen molar-refractivity contribution in [1.29, 1.82) is 0 Å². The number of halogens is 1. The lowest BCUT2D eigenvalue weighted by atomic mass is 9.90. The van der Waals surface area contributed by atoms with Gasteiger partial charge < -0.3 is 5.32 Å². The minimum absolute atomic E-state index is 0.296. The highest BCUT2D eigenvalue weighted by molar-refractivity contribution is 7.07. The summed E-state index contributed by atoms with van der Waals surface area (Å²) < 4.78 is 13.9. The highest BCUT2D eigenvalue weighted by Crippen LogP contribution is 2.23. The fourth-order valence-corrected chi connectivity index (χ4v) is 2.88. The summed E-state index contributed by atoms with van der Waals surface area (Å²) in [5.41, 5.74) is 1.29. The number of aryl methyl sites for hydroxylation is 1. The molecule has 1 aromatic heterocycles. The lowest BCUT2D eigenvalue weighted by Gasteiger charge is -2.25. The smallest absolute Gasteiger partial charge is 0.103 e. The molecule has 1 aliphatic rings. The molecule has 1 aromatic rings. The van der Waals surface area contributed by atoms with Crippen LogP contribution in [0.25, 0.3) is 0 Å². The van der Waals surface area contributed by atoms with E-state index in [4.69, 9.17) is 0 Å². The number of hydrogen-bond donors (Lipinski definition) is 1. The SMILES string of the molecule is FC(CCc1ccsc1)C1CCNCC1. The predicted octanol–water partition coefficient (Wildman–Crippen LogP) is 3.02. The van der Waals surface area contributed by atoms with Crippen LogP contribution in [-0.2, 0) is 6.42 Å². The second-order valence-electron chi connectivity index (χ2n) is 4.27. The standard InChI is InChI=1S/C12H18FNS/c13-12(11-3-6-14-7-4-11)2-1-10-5-8-15-9-10/h5,8-9,11-12,14H,1-4,6-7H2. The highest BCUT2D eigenvalue weighted by Gasteiger charge is 2.22. The van der Waals surface area contributed by atoms with Crippen LogP contribution in [0.4, 0.5) is 4.39 Å². The first-order chi connectivity index (χ1) is 7.36. The molecule has 1 unspecified atom stereocenters. The van der Waals surface area contributed by atoms with Crippen LogP contribution in [0.3, 0.4) is 0 Å². The van der Waals surface area contributed by atoms with E-state index in [1.807, 2.05) is 0 Å². The van der Waals surface area contributed by atoms with Gasteiger partial charge in [0.25, 0.3) is 0 Å². The number of rotatable bonds is 4. The van der Waals surface area contributed by atoms with E-state index in [2.05, 4.69) is 22.1 Å². The first kappa shape index (κ1) is 11.1. The van der Waals surface area contributed by atoms with Crippen LogP contribution in [0.5, 0.6) is 0 Å². The lowest BCUT2D eigenvalue weighted by Crippen LogP contribution is -2.32. The van der Waals surface area contributed by atoms with Gasteiger partial charge in [0, 0.05) is 0 Å². The number of nitrogens with one attached hydrogen (secondary N) is 1. The van der Waals surface area contributed by atoms with Gasteiger partial charge in [0.1, 0.15) is 6.17 Å². The van der Waals surface area contributed by atoms with Crippen LogP contribution >= 0.6 is 11.3 Å². The zero-order valence-electron chi connectivity index (χ0n) is 8.92. The van der Waals surface area contributed by atoms with Crippen molar-refractivity contribution in [1.82, 2.24) is 5.32 Å². The molecule has 0 radical (unpaired) electrons. The van der Waals surface area contributed by atoms with Crippen LogP contribution in [0.1, 0.15) is 24.8 Å². The summed E-state index contributed by atoms with van der Waals surface area (Å²) in [6.07, 6.45) is 3.00. The van der Waals surface area contributed by atoms with Gasteiger partial charge in [-0.25, -0.2) is 4.39 Å². The Kier molecular flexibility index (Phi) is 4.15. The van der Waals surface area contributed by atoms with E-state index in [1.165, 1.54) is 5.56 Å². The highest BCUT2D eigenvalue weighted by atomic mass is 32.1. The maximum atomic E-state index is 13.9. The molecule has 0 aromatic carbocycles. The minimum Gasteiger partial charge on any atom is -0.317 e. The first-order valence-electron chi connectivity index (χ1n) is 5.72. The van der Waals surface area contributed by atoms with Crippen molar-refractivity contribution in [3.63, 3.8) is 0 Å². The van der Waals surface area contributed by atoms with Gasteiger partial charge in [-0.2, -0.15) is 11.3 Å². The zero-order valence-corrected chi connectivity index (χ0v) is 9.73. The summed E-state index contributed by atoms with van der Waals surface area (Å²) in [4.78, 5) is 0. The van der Waals surface area contributed by atoms with Crippen LogP contribution in [-0.4, -0.2) is 19.3 Å². The maximum Gasteiger partial charge on any atom is 0.103 e. The molecule has 0 aliphatic carbocycles. The number of piperidine rings is 1. The van der Waals surface area contributed by atoms with E-state index in [-0.39, 0.29) is 0 Å². The van der Waals surface area contributed by atoms with E-state index < -0.39 is 6.17 Å². The summed E-state index contributed by atoms with van der Waals surface area (Å²) >= 11 is 1.69. The minimum atomic E-state index is -0.605. The zero-order chi connectivity index (χ0) is 10.5. The van der Waals surface area contributed by atoms with Crippen LogP contribution in [0.2, 0.25) is 0 Å². The number of thiophene rings is 1. The molecule has 1 fully saturated rings. The van der Waals surface area contributed by atoms with Crippen molar-refractivity contribution >= 4 is 11.3 Å². The molecular formula is C12H18FNS. The summed E-state index contributed by atoms with van der Waals surface area (Å²) in [7, 11) is 0. The molecule has 1 saturated heterocycles. The summed E-state index contributed by atoms with van der Waals surface area (Å²) in [5, 5.41) is 7.46. The van der Waals surface area contributed by atoms with Crippen molar-refractivity contribution < 1.29 is 4.39 Å². The third-order valence-corrected chi connectivity index (χ3v) is 3.92. The molecular weight excluding hydrogens is 209 g/mol. The van der Waals surface area contributed by atoms with Gasteiger partial charge in [-0.15, -0.1) is 0 Å². The summed E-state index contributed by atoms with van der Waals surface area (Å²) in [6, 6.07) is 2.10. The Balaban J connectivity index is 1.74. The van der Waals surface area contributed by atoms with E-state index in [1.54, 1.807) is 11.3 Å². The van der Waals surface area contributed by atoms with Gasteiger partial charge in [0.05, 0.1) is 0 Å². The third kappa shape index (κ3) is 3.28. The van der Waals surface area contributed by atoms with Crippen LogP contribution in [0.15, 0.2) is 16.8 Å². The van der Waals surface area contributed by atoms with Gasteiger partial charge in [0.15, 0.2) is 0 Å². The van der Waals surface area contributed by atoms with Crippen molar-refractivity contribution in [2.24, 2.45) is 5.92 Å². The molecule has 2 rings (SSSR count). The maximum absolute atomic E-state index is 13.9. The molecule has 1 nitrogen and oxygen atoms in total. The van der Waals surface area contributed by atoms with Crippen molar-refractivity contribution in [2.45, 2.75) is 31.9 Å². The topological polar surface area (TPSA) is 12.0 Å². The van der Waals surface area contributed by atoms with Gasteiger partial charge in [-0.1, -0.05) is 0 Å². The van der Waals surface area contributed by atoms with Gasteiger partial charge in [-0.05, 0) is 67.1 Å². The van der Waals surface area contributed by atoms with E-state index in [0.29, 0.717) is 12.3 Å². The molecule has 3 heteroatoms. The van der Waals surface area contributed by atoms with Gasteiger partial charge in [-0.3, -0.25) is 0 Å². The largest absolute Gasteiger partial charge is 0.317 e. The van der Waals surface area contributed by atoms with Crippen molar-refractivity contribution in [2.75, 3.05) is 13.1 Å². The molecule has 1 aliphatic heterocycles. The molecule has 0 saturated carbocycles. The average molecular weight is 227 g/mol. The van der Waals surface area contributed by atoms with E-state index >= 15 is 0 Å². The Labute approximate surface area is 94.7 Å². The first-order valence-corrected chi connectivity index (χ1v) is 6.66. The quantitative estimate of drug-likeness (QED) is 0.833.